The molecule has 0 saturated heterocycles. The Kier molecular flexibility index (Phi) is 28.1. The molecule has 0 saturated carbocycles. The Morgan fingerprint density at radius 3 is 0.875 bits per heavy atom. The second-order valence-electron chi connectivity index (χ2n) is 0.500. The van der Waals surface area contributed by atoms with Crippen LogP contribution in [-0.4, -0.2) is 46.8 Å². The fraction of sp³-hybridized carbons (Fsp3) is 0. The minimum atomic E-state index is -5.61. The van der Waals surface area contributed by atoms with Crippen molar-refractivity contribution in [2.75, 3.05) is 0 Å². The molecule has 0 aliphatic carbocycles. The van der Waals surface area contributed by atoms with Crippen LogP contribution in [0.15, 0.2) is 0 Å². The molecule has 0 heterocycles. The van der Waals surface area contributed by atoms with Crippen LogP contribution in [0.2, 0.25) is 0 Å². The summed E-state index contributed by atoms with van der Waals surface area (Å²) in [5.41, 5.74) is 0. The number of hydrogen-bond acceptors (Lipinski definition) is 4. The summed E-state index contributed by atoms with van der Waals surface area (Å²) in [6.07, 6.45) is 0. The zero-order chi connectivity index (χ0) is 4.50. The Bertz CT molecular complexity index is 31.5. The third kappa shape index (κ3) is 63.9. The number of hydrogen-bond donors (Lipinski definition) is 0. The van der Waals surface area contributed by atoms with Gasteiger partial charge >= 0.3 is 88.4 Å². The molecule has 0 aromatic carbocycles. The van der Waals surface area contributed by atoms with Crippen molar-refractivity contribution in [1.82, 2.24) is 0 Å². The van der Waals surface area contributed by atoms with Gasteiger partial charge in [-0.1, -0.05) is 0 Å². The average Bonchev–Trinajstić information content (AvgIpc) is 0.722. The van der Waals surface area contributed by atoms with Crippen molar-refractivity contribution >= 4 is 46.8 Å². The Balaban J connectivity index is -0.0000000267. The SMILES string of the molecule is [Ca+2].[Na+].[O-][Si]([O-])([O-])[O-].[W+4]. The van der Waals surface area contributed by atoms with Gasteiger partial charge in [0, 0.05) is 0 Å². The quantitative estimate of drug-likeness (QED) is 0.410. The molecule has 0 spiro atoms. The number of rotatable bonds is 0. The van der Waals surface area contributed by atoms with Crippen molar-refractivity contribution in [3.63, 3.8) is 0 Å². The summed E-state index contributed by atoms with van der Waals surface area (Å²) in [5, 5.41) is 0. The predicted molar refractivity (Wildman–Crippen MR) is 11.5 cm³/mol. The average molecular weight is 339 g/mol. The third-order valence-electron chi connectivity index (χ3n) is 0. The first-order chi connectivity index (χ1) is 2.00. The standard InChI is InChI=1S/Ca.Na.O4Si.W/c;;1-5(2,3)4;/q+2;+1;-4;+4. The van der Waals surface area contributed by atoms with E-state index in [0.29, 0.717) is 0 Å². The Labute approximate surface area is 114 Å². The summed E-state index contributed by atoms with van der Waals surface area (Å²) in [5.74, 6) is 0. The van der Waals surface area contributed by atoms with Crippen LogP contribution in [0.4, 0.5) is 0 Å². The first-order valence-corrected chi connectivity index (χ1v) is 2.45. The topological polar surface area (TPSA) is 92.2 Å². The monoisotopic (exact) mass is 339 g/mol. The van der Waals surface area contributed by atoms with Crippen LogP contribution < -0.4 is 48.7 Å². The summed E-state index contributed by atoms with van der Waals surface area (Å²) in [7, 11) is -5.61. The predicted octanol–water partition coefficient (Wildman–Crippen LogP) is -8.52. The molecule has 0 atom stereocenters. The molecule has 4 nitrogen and oxygen atoms in total. The maximum Gasteiger partial charge on any atom is 4.00 e. The molecule has 0 aliphatic heterocycles. The first kappa shape index (κ1) is 22.4. The largest absolute Gasteiger partial charge is 4.00 e. The van der Waals surface area contributed by atoms with Gasteiger partial charge in [0.05, 0.1) is 0 Å². The van der Waals surface area contributed by atoms with E-state index < -0.39 is 9.05 Å². The van der Waals surface area contributed by atoms with Crippen LogP contribution in [0.25, 0.3) is 0 Å². The van der Waals surface area contributed by atoms with Gasteiger partial charge in [-0.25, -0.2) is 0 Å². The van der Waals surface area contributed by atoms with Crippen LogP contribution in [0, 0.1) is 0 Å². The van der Waals surface area contributed by atoms with Crippen molar-refractivity contribution in [2.45, 2.75) is 0 Å². The van der Waals surface area contributed by atoms with Crippen molar-refractivity contribution in [2.24, 2.45) is 0 Å². The minimum Gasteiger partial charge on any atom is -0.894 e. The summed E-state index contributed by atoms with van der Waals surface area (Å²) < 4.78 is 0. The van der Waals surface area contributed by atoms with E-state index in [9.17, 15) is 0 Å². The summed E-state index contributed by atoms with van der Waals surface area (Å²) in [4.78, 5) is 34.3. The molecule has 0 N–H and O–H groups in total. The minimum absolute atomic E-state index is 0. The van der Waals surface area contributed by atoms with Gasteiger partial charge < -0.3 is 28.2 Å². The van der Waals surface area contributed by atoms with E-state index in [1.165, 1.54) is 0 Å². The molecular formula is CaNaO4SiW+3. The molecule has 0 rings (SSSR count). The van der Waals surface area contributed by atoms with Gasteiger partial charge in [0.1, 0.15) is 0 Å². The van der Waals surface area contributed by atoms with Crippen LogP contribution in [-0.2, 0) is 21.1 Å². The Hall–Kier alpha value is 3.00. The van der Waals surface area contributed by atoms with Crippen LogP contribution in [0.1, 0.15) is 0 Å². The van der Waals surface area contributed by atoms with Gasteiger partial charge in [-0.05, 0) is 0 Å². The molecule has 0 aromatic heterocycles. The summed E-state index contributed by atoms with van der Waals surface area (Å²) >= 11 is 0. The maximum atomic E-state index is 8.58. The van der Waals surface area contributed by atoms with Gasteiger partial charge in [-0.15, -0.1) is 0 Å². The molecule has 0 bridgehead atoms. The van der Waals surface area contributed by atoms with Crippen LogP contribution in [0.5, 0.6) is 0 Å². The molecule has 0 unspecified atom stereocenters. The molecule has 34 valence electrons. The summed E-state index contributed by atoms with van der Waals surface area (Å²) in [6, 6.07) is 0. The van der Waals surface area contributed by atoms with E-state index in [0.717, 1.165) is 0 Å². The van der Waals surface area contributed by atoms with Crippen molar-refractivity contribution in [3.8, 4) is 0 Å². The maximum absolute atomic E-state index is 8.58. The Morgan fingerprint density at radius 1 is 0.875 bits per heavy atom. The molecule has 0 amide bonds. The zero-order valence-electron chi connectivity index (χ0n) is 4.25. The van der Waals surface area contributed by atoms with E-state index in [2.05, 4.69) is 0 Å². The van der Waals surface area contributed by atoms with E-state index in [1.54, 1.807) is 0 Å². The third-order valence-corrected chi connectivity index (χ3v) is 0. The summed E-state index contributed by atoms with van der Waals surface area (Å²) in [6.45, 7) is 0. The zero-order valence-corrected chi connectivity index (χ0v) is 12.4. The van der Waals surface area contributed by atoms with Crippen molar-refractivity contribution < 1.29 is 69.8 Å². The van der Waals surface area contributed by atoms with E-state index in [4.69, 9.17) is 19.2 Å². The van der Waals surface area contributed by atoms with Crippen molar-refractivity contribution in [1.29, 1.82) is 0 Å². The fourth-order valence-corrected chi connectivity index (χ4v) is 0. The van der Waals surface area contributed by atoms with Gasteiger partial charge in [-0.3, -0.25) is 0 Å². The fourth-order valence-electron chi connectivity index (χ4n) is 0. The molecule has 0 aromatic rings. The smallest absolute Gasteiger partial charge is 0.894 e. The van der Waals surface area contributed by atoms with Gasteiger partial charge in [0.15, 0.2) is 0 Å². The molecule has 0 fully saturated rings. The Morgan fingerprint density at radius 2 is 0.875 bits per heavy atom. The van der Waals surface area contributed by atoms with Gasteiger partial charge in [0.25, 0.3) is 0 Å². The molecule has 8 heavy (non-hydrogen) atoms. The first-order valence-electron chi connectivity index (χ1n) is 0.816. The molecule has 0 radical (unpaired) electrons. The van der Waals surface area contributed by atoms with Gasteiger partial charge in [-0.2, -0.15) is 0 Å². The molecule has 8 heteroatoms. The van der Waals surface area contributed by atoms with E-state index >= 15 is 0 Å². The normalized spacial score (nSPS) is 7.50. The molecule has 0 aliphatic rings. The second-order valence-corrected chi connectivity index (χ2v) is 1.50. The van der Waals surface area contributed by atoms with Crippen LogP contribution in [0.3, 0.4) is 0 Å². The van der Waals surface area contributed by atoms with Crippen molar-refractivity contribution in [3.05, 3.63) is 0 Å². The van der Waals surface area contributed by atoms with E-state index in [-0.39, 0.29) is 88.4 Å². The van der Waals surface area contributed by atoms with Crippen LogP contribution >= 0.6 is 0 Å². The second kappa shape index (κ2) is 10.0. The molecular weight excluding hydrogens is 339 g/mol. The van der Waals surface area contributed by atoms with E-state index in [1.807, 2.05) is 0 Å². The van der Waals surface area contributed by atoms with Gasteiger partial charge in [0.2, 0.25) is 0 Å².